The fourth-order valence-corrected chi connectivity index (χ4v) is 2.98. The molecule has 1 heterocycles. The lowest BCUT2D eigenvalue weighted by Gasteiger charge is -2.26. The van der Waals surface area contributed by atoms with Gasteiger partial charge in [0, 0.05) is 25.2 Å². The third-order valence-electron chi connectivity index (χ3n) is 4.48. The van der Waals surface area contributed by atoms with Gasteiger partial charge in [0.05, 0.1) is 0 Å². The Morgan fingerprint density at radius 1 is 1.08 bits per heavy atom. The molecule has 25 heavy (non-hydrogen) atoms. The molecule has 1 aliphatic rings. The molecule has 130 valence electrons. The van der Waals surface area contributed by atoms with E-state index in [1.807, 2.05) is 59.5 Å². The number of nitrogens with zero attached hydrogens (tertiary/aromatic N) is 1. The van der Waals surface area contributed by atoms with E-state index in [0.29, 0.717) is 13.0 Å². The van der Waals surface area contributed by atoms with Gasteiger partial charge in [0.1, 0.15) is 6.04 Å². The van der Waals surface area contributed by atoms with Gasteiger partial charge in [-0.15, -0.1) is 0 Å². The van der Waals surface area contributed by atoms with Crippen molar-refractivity contribution in [3.8, 4) is 0 Å². The van der Waals surface area contributed by atoms with Crippen molar-refractivity contribution in [1.82, 2.24) is 5.32 Å². The van der Waals surface area contributed by atoms with Gasteiger partial charge in [-0.05, 0) is 36.1 Å². The van der Waals surface area contributed by atoms with E-state index in [1.54, 1.807) is 0 Å². The molecule has 0 spiro atoms. The highest BCUT2D eigenvalue weighted by atomic mass is 16.2. The number of piperidine rings is 1. The van der Waals surface area contributed by atoms with Crippen molar-refractivity contribution in [2.24, 2.45) is 5.73 Å². The molecule has 2 amide bonds. The monoisotopic (exact) mass is 337 g/mol. The maximum atomic E-state index is 12.2. The predicted octanol–water partition coefficient (Wildman–Crippen LogP) is 2.52. The highest BCUT2D eigenvalue weighted by Gasteiger charge is 2.19. The zero-order valence-electron chi connectivity index (χ0n) is 14.2. The zero-order valence-corrected chi connectivity index (χ0v) is 14.2. The van der Waals surface area contributed by atoms with Crippen LogP contribution in [-0.2, 0) is 16.1 Å². The van der Waals surface area contributed by atoms with Gasteiger partial charge in [0.2, 0.25) is 11.8 Å². The number of carbonyl (C=O) groups excluding carboxylic acids is 2. The van der Waals surface area contributed by atoms with Gasteiger partial charge in [-0.25, -0.2) is 0 Å². The molecule has 1 atom stereocenters. The number of benzene rings is 2. The van der Waals surface area contributed by atoms with Crippen LogP contribution in [0.5, 0.6) is 0 Å². The van der Waals surface area contributed by atoms with E-state index in [0.717, 1.165) is 36.2 Å². The van der Waals surface area contributed by atoms with Gasteiger partial charge < -0.3 is 16.0 Å². The van der Waals surface area contributed by atoms with Gasteiger partial charge in [-0.2, -0.15) is 0 Å². The molecule has 5 nitrogen and oxygen atoms in total. The quantitative estimate of drug-likeness (QED) is 0.880. The number of anilines is 1. The van der Waals surface area contributed by atoms with Gasteiger partial charge in [0.25, 0.3) is 0 Å². The molecule has 3 rings (SSSR count). The third kappa shape index (κ3) is 4.25. The van der Waals surface area contributed by atoms with Crippen LogP contribution < -0.4 is 16.0 Å². The summed E-state index contributed by atoms with van der Waals surface area (Å²) in [6.45, 7) is 1.19. The minimum absolute atomic E-state index is 0.182. The zero-order chi connectivity index (χ0) is 17.6. The largest absolute Gasteiger partial charge is 0.350 e. The molecule has 5 heteroatoms. The van der Waals surface area contributed by atoms with Crippen LogP contribution in [0.15, 0.2) is 54.6 Å². The van der Waals surface area contributed by atoms with E-state index in [2.05, 4.69) is 5.32 Å². The van der Waals surface area contributed by atoms with Gasteiger partial charge >= 0.3 is 0 Å². The molecule has 0 saturated carbocycles. The second-order valence-corrected chi connectivity index (χ2v) is 6.28. The summed E-state index contributed by atoms with van der Waals surface area (Å²) in [4.78, 5) is 26.0. The molecule has 2 aromatic rings. The molecule has 1 unspecified atom stereocenters. The number of hydrogen-bond donors (Lipinski definition) is 2. The minimum Gasteiger partial charge on any atom is -0.350 e. The molecular weight excluding hydrogens is 314 g/mol. The van der Waals surface area contributed by atoms with Crippen molar-refractivity contribution in [3.05, 3.63) is 65.7 Å². The van der Waals surface area contributed by atoms with E-state index >= 15 is 0 Å². The van der Waals surface area contributed by atoms with E-state index in [4.69, 9.17) is 5.73 Å². The van der Waals surface area contributed by atoms with Crippen molar-refractivity contribution in [2.75, 3.05) is 11.4 Å². The van der Waals surface area contributed by atoms with E-state index < -0.39 is 6.04 Å². The summed E-state index contributed by atoms with van der Waals surface area (Å²) in [5.41, 5.74) is 8.67. The van der Waals surface area contributed by atoms with Crippen molar-refractivity contribution in [2.45, 2.75) is 31.8 Å². The molecular formula is C20H23N3O2. The Hall–Kier alpha value is -2.66. The summed E-state index contributed by atoms with van der Waals surface area (Å²) in [5.74, 6) is -0.0253. The van der Waals surface area contributed by atoms with Crippen LogP contribution in [0.4, 0.5) is 5.69 Å². The first-order valence-corrected chi connectivity index (χ1v) is 8.63. The Balaban J connectivity index is 1.56. The van der Waals surface area contributed by atoms with Crippen LogP contribution in [0.1, 0.15) is 36.4 Å². The molecule has 0 radical (unpaired) electrons. The Kier molecular flexibility index (Phi) is 5.46. The maximum absolute atomic E-state index is 12.2. The summed E-state index contributed by atoms with van der Waals surface area (Å²) in [7, 11) is 0. The maximum Gasteiger partial charge on any atom is 0.241 e. The van der Waals surface area contributed by atoms with Crippen molar-refractivity contribution >= 4 is 17.5 Å². The second kappa shape index (κ2) is 7.94. The van der Waals surface area contributed by atoms with Crippen molar-refractivity contribution in [3.63, 3.8) is 0 Å². The number of rotatable bonds is 5. The molecule has 2 aromatic carbocycles. The first kappa shape index (κ1) is 17.2. The first-order chi connectivity index (χ1) is 12.1. The summed E-state index contributed by atoms with van der Waals surface area (Å²) in [5, 5.41) is 2.86. The van der Waals surface area contributed by atoms with Crippen LogP contribution >= 0.6 is 0 Å². The smallest absolute Gasteiger partial charge is 0.241 e. The number of hydrogen-bond acceptors (Lipinski definition) is 3. The number of carbonyl (C=O) groups is 2. The minimum atomic E-state index is -0.675. The highest BCUT2D eigenvalue weighted by Crippen LogP contribution is 2.21. The Bertz CT molecular complexity index is 728. The molecule has 0 aromatic heterocycles. The lowest BCUT2D eigenvalue weighted by molar-refractivity contribution is -0.122. The Morgan fingerprint density at radius 3 is 2.48 bits per heavy atom. The fourth-order valence-electron chi connectivity index (χ4n) is 2.98. The summed E-state index contributed by atoms with van der Waals surface area (Å²) < 4.78 is 0. The van der Waals surface area contributed by atoms with E-state index in [9.17, 15) is 9.59 Å². The molecule has 3 N–H and O–H groups in total. The molecule has 1 saturated heterocycles. The number of amides is 2. The Labute approximate surface area is 147 Å². The van der Waals surface area contributed by atoms with Crippen LogP contribution in [0.2, 0.25) is 0 Å². The lowest BCUT2D eigenvalue weighted by atomic mass is 10.1. The van der Waals surface area contributed by atoms with Crippen molar-refractivity contribution in [1.29, 1.82) is 0 Å². The summed E-state index contributed by atoms with van der Waals surface area (Å²) >= 11 is 0. The molecule has 0 aliphatic carbocycles. The molecule has 0 bridgehead atoms. The van der Waals surface area contributed by atoms with E-state index in [1.165, 1.54) is 0 Å². The topological polar surface area (TPSA) is 75.4 Å². The predicted molar refractivity (Wildman–Crippen MR) is 97.9 cm³/mol. The third-order valence-corrected chi connectivity index (χ3v) is 4.48. The van der Waals surface area contributed by atoms with Crippen LogP contribution in [-0.4, -0.2) is 18.4 Å². The van der Waals surface area contributed by atoms with Crippen LogP contribution in [0, 0.1) is 0 Å². The van der Waals surface area contributed by atoms with Gasteiger partial charge in [0.15, 0.2) is 0 Å². The number of nitrogens with two attached hydrogens (primary N) is 1. The number of nitrogens with one attached hydrogen (secondary N) is 1. The lowest BCUT2D eigenvalue weighted by Crippen LogP contribution is -2.35. The van der Waals surface area contributed by atoms with Crippen LogP contribution in [0.3, 0.4) is 0 Å². The molecule has 1 aliphatic heterocycles. The average molecular weight is 337 g/mol. The first-order valence-electron chi connectivity index (χ1n) is 8.63. The highest BCUT2D eigenvalue weighted by molar-refractivity contribution is 5.94. The van der Waals surface area contributed by atoms with E-state index in [-0.39, 0.29) is 11.8 Å². The molecule has 1 fully saturated rings. The standard InChI is InChI=1S/C20H23N3O2/c21-19(16-6-2-1-3-7-16)20(25)22-14-15-9-11-17(12-10-15)23-13-5-4-8-18(23)24/h1-3,6-7,9-12,19H,4-5,8,13-14,21H2,(H,22,25). The van der Waals surface area contributed by atoms with Gasteiger partial charge in [-0.1, -0.05) is 42.5 Å². The van der Waals surface area contributed by atoms with Crippen LogP contribution in [0.25, 0.3) is 0 Å². The summed E-state index contributed by atoms with van der Waals surface area (Å²) in [6, 6.07) is 16.4. The van der Waals surface area contributed by atoms with Gasteiger partial charge in [-0.3, -0.25) is 9.59 Å². The normalized spacial score (nSPS) is 15.7. The summed E-state index contributed by atoms with van der Waals surface area (Å²) in [6.07, 6.45) is 2.64. The second-order valence-electron chi connectivity index (χ2n) is 6.28. The Morgan fingerprint density at radius 2 is 1.80 bits per heavy atom. The van der Waals surface area contributed by atoms with Crippen molar-refractivity contribution < 1.29 is 9.59 Å². The SMILES string of the molecule is NC(C(=O)NCc1ccc(N2CCCCC2=O)cc1)c1ccccc1. The fraction of sp³-hybridized carbons (Fsp3) is 0.300. The average Bonchev–Trinajstić information content (AvgIpc) is 2.67.